The van der Waals surface area contributed by atoms with E-state index < -0.39 is 0 Å². The Morgan fingerprint density at radius 1 is 1.24 bits per heavy atom. The minimum Gasteiger partial charge on any atom is -0.489 e. The first-order valence-electron chi connectivity index (χ1n) is 8.14. The molecule has 0 bridgehead atoms. The van der Waals surface area contributed by atoms with E-state index in [-0.39, 0.29) is 24.4 Å². The molecule has 1 aliphatic carbocycles. The summed E-state index contributed by atoms with van der Waals surface area (Å²) in [6.07, 6.45) is 2.29. The number of carbonyl (C=O) groups excluding carboxylic acids is 1. The predicted octanol–water partition coefficient (Wildman–Crippen LogP) is 3.81. The van der Waals surface area contributed by atoms with Crippen LogP contribution in [0.2, 0.25) is 5.02 Å². The van der Waals surface area contributed by atoms with Gasteiger partial charge in [0.2, 0.25) is 0 Å². The molecule has 0 aliphatic heterocycles. The lowest BCUT2D eigenvalue weighted by atomic mass is 10.1. The molecule has 0 heterocycles. The van der Waals surface area contributed by atoms with Crippen LogP contribution in [0.1, 0.15) is 28.8 Å². The SMILES string of the molecule is Cl.NCC(NC(=O)c1cccc(OCc2ccc(Cl)cc2)c1)C1CC1. The monoisotopic (exact) mass is 380 g/mol. The largest absolute Gasteiger partial charge is 0.489 e. The molecule has 0 radical (unpaired) electrons. The van der Waals surface area contributed by atoms with Gasteiger partial charge in [-0.1, -0.05) is 29.8 Å². The molecule has 6 heteroatoms. The third kappa shape index (κ3) is 5.63. The van der Waals surface area contributed by atoms with E-state index in [4.69, 9.17) is 22.1 Å². The second-order valence-corrected chi connectivity index (χ2v) is 6.53. The van der Waals surface area contributed by atoms with E-state index in [0.717, 1.165) is 18.4 Å². The fourth-order valence-corrected chi connectivity index (χ4v) is 2.72. The van der Waals surface area contributed by atoms with Crippen LogP contribution >= 0.6 is 24.0 Å². The van der Waals surface area contributed by atoms with Crippen molar-refractivity contribution in [3.8, 4) is 5.75 Å². The topological polar surface area (TPSA) is 64.3 Å². The molecule has 1 atom stereocenters. The average Bonchev–Trinajstić information content (AvgIpc) is 3.44. The van der Waals surface area contributed by atoms with E-state index in [1.807, 2.05) is 36.4 Å². The summed E-state index contributed by atoms with van der Waals surface area (Å²) < 4.78 is 5.77. The van der Waals surface area contributed by atoms with Gasteiger partial charge < -0.3 is 15.8 Å². The fourth-order valence-electron chi connectivity index (χ4n) is 2.59. The third-order valence-corrected chi connectivity index (χ3v) is 4.43. The van der Waals surface area contributed by atoms with Gasteiger partial charge >= 0.3 is 0 Å². The van der Waals surface area contributed by atoms with Gasteiger partial charge in [0.15, 0.2) is 0 Å². The van der Waals surface area contributed by atoms with Crippen LogP contribution in [0.25, 0.3) is 0 Å². The first-order chi connectivity index (χ1) is 11.7. The van der Waals surface area contributed by atoms with Crippen LogP contribution in [0.15, 0.2) is 48.5 Å². The van der Waals surface area contributed by atoms with Gasteiger partial charge in [0.05, 0.1) is 0 Å². The van der Waals surface area contributed by atoms with Crippen LogP contribution in [-0.4, -0.2) is 18.5 Å². The van der Waals surface area contributed by atoms with E-state index in [0.29, 0.717) is 35.4 Å². The number of halogens is 2. The van der Waals surface area contributed by atoms with Gasteiger partial charge in [-0.15, -0.1) is 12.4 Å². The molecule has 25 heavy (non-hydrogen) atoms. The Morgan fingerprint density at radius 2 is 1.96 bits per heavy atom. The molecule has 3 N–H and O–H groups in total. The van der Waals surface area contributed by atoms with E-state index in [9.17, 15) is 4.79 Å². The molecule has 1 fully saturated rings. The molecule has 4 nitrogen and oxygen atoms in total. The molecular formula is C19H22Cl2N2O2. The van der Waals surface area contributed by atoms with Crippen LogP contribution < -0.4 is 15.8 Å². The van der Waals surface area contributed by atoms with Gasteiger partial charge in [-0.25, -0.2) is 0 Å². The minimum atomic E-state index is -0.103. The number of hydrogen-bond acceptors (Lipinski definition) is 3. The Kier molecular flexibility index (Phi) is 7.12. The summed E-state index contributed by atoms with van der Waals surface area (Å²) in [5.74, 6) is 1.09. The van der Waals surface area contributed by atoms with Gasteiger partial charge in [-0.3, -0.25) is 4.79 Å². The van der Waals surface area contributed by atoms with Crippen molar-refractivity contribution >= 4 is 29.9 Å². The van der Waals surface area contributed by atoms with Gasteiger partial charge in [0, 0.05) is 23.2 Å². The summed E-state index contributed by atoms with van der Waals surface area (Å²) in [4.78, 5) is 12.4. The van der Waals surface area contributed by atoms with Crippen LogP contribution in [0, 0.1) is 5.92 Å². The summed E-state index contributed by atoms with van der Waals surface area (Å²) in [6.45, 7) is 0.902. The van der Waals surface area contributed by atoms with Gasteiger partial charge in [0.25, 0.3) is 5.91 Å². The lowest BCUT2D eigenvalue weighted by Gasteiger charge is -2.16. The maximum absolute atomic E-state index is 12.4. The Hall–Kier alpha value is -1.75. The van der Waals surface area contributed by atoms with E-state index in [1.54, 1.807) is 12.1 Å². The van der Waals surface area contributed by atoms with Crippen LogP contribution in [0.4, 0.5) is 0 Å². The van der Waals surface area contributed by atoms with Gasteiger partial charge in [-0.2, -0.15) is 0 Å². The highest BCUT2D eigenvalue weighted by atomic mass is 35.5. The highest BCUT2D eigenvalue weighted by molar-refractivity contribution is 6.30. The molecule has 3 rings (SSSR count). The molecule has 0 saturated heterocycles. The van der Waals surface area contributed by atoms with E-state index >= 15 is 0 Å². The molecule has 1 amide bonds. The van der Waals surface area contributed by atoms with Crippen LogP contribution in [-0.2, 0) is 6.61 Å². The molecular weight excluding hydrogens is 359 g/mol. The van der Waals surface area contributed by atoms with Crippen molar-refractivity contribution in [2.75, 3.05) is 6.54 Å². The third-order valence-electron chi connectivity index (χ3n) is 4.18. The summed E-state index contributed by atoms with van der Waals surface area (Å²) in [5.41, 5.74) is 7.35. The fraction of sp³-hybridized carbons (Fsp3) is 0.316. The number of amides is 1. The zero-order valence-electron chi connectivity index (χ0n) is 13.8. The Labute approximate surface area is 159 Å². The second kappa shape index (κ2) is 9.09. The first-order valence-corrected chi connectivity index (χ1v) is 8.52. The van der Waals surface area contributed by atoms with Gasteiger partial charge in [-0.05, 0) is 54.7 Å². The molecule has 1 aliphatic rings. The van der Waals surface area contributed by atoms with Crippen LogP contribution in [0.5, 0.6) is 5.75 Å². The summed E-state index contributed by atoms with van der Waals surface area (Å²) >= 11 is 5.87. The number of carbonyl (C=O) groups is 1. The molecule has 2 aromatic rings. The summed E-state index contributed by atoms with van der Waals surface area (Å²) in [5, 5.41) is 3.71. The van der Waals surface area contributed by atoms with Crippen molar-refractivity contribution < 1.29 is 9.53 Å². The van der Waals surface area contributed by atoms with Crippen molar-refractivity contribution in [2.24, 2.45) is 11.7 Å². The summed E-state index contributed by atoms with van der Waals surface area (Å²) in [7, 11) is 0. The van der Waals surface area contributed by atoms with E-state index in [2.05, 4.69) is 5.32 Å². The quantitative estimate of drug-likeness (QED) is 0.767. The van der Waals surface area contributed by atoms with Crippen molar-refractivity contribution in [1.82, 2.24) is 5.32 Å². The maximum atomic E-state index is 12.4. The molecule has 0 spiro atoms. The number of rotatable bonds is 7. The number of benzene rings is 2. The second-order valence-electron chi connectivity index (χ2n) is 6.10. The highest BCUT2D eigenvalue weighted by Crippen LogP contribution is 2.32. The van der Waals surface area contributed by atoms with Crippen molar-refractivity contribution in [2.45, 2.75) is 25.5 Å². The maximum Gasteiger partial charge on any atom is 0.251 e. The highest BCUT2D eigenvalue weighted by Gasteiger charge is 2.31. The molecule has 1 saturated carbocycles. The van der Waals surface area contributed by atoms with Crippen molar-refractivity contribution in [3.63, 3.8) is 0 Å². The zero-order chi connectivity index (χ0) is 16.9. The lowest BCUT2D eigenvalue weighted by Crippen LogP contribution is -2.41. The normalized spacial score (nSPS) is 14.3. The molecule has 0 aromatic heterocycles. The van der Waals surface area contributed by atoms with Crippen molar-refractivity contribution in [1.29, 1.82) is 0 Å². The standard InChI is InChI=1S/C19H21ClN2O2.ClH/c20-16-8-4-13(5-9-16)12-24-17-3-1-2-15(10-17)19(23)22-18(11-21)14-6-7-14;/h1-5,8-10,14,18H,6-7,11-12,21H2,(H,22,23);1H. The minimum absolute atomic E-state index is 0. The number of nitrogens with two attached hydrogens (primary N) is 1. The molecule has 1 unspecified atom stereocenters. The smallest absolute Gasteiger partial charge is 0.251 e. The molecule has 134 valence electrons. The van der Waals surface area contributed by atoms with Crippen molar-refractivity contribution in [3.05, 3.63) is 64.7 Å². The predicted molar refractivity (Wildman–Crippen MR) is 103 cm³/mol. The zero-order valence-corrected chi connectivity index (χ0v) is 15.4. The Morgan fingerprint density at radius 3 is 2.60 bits per heavy atom. The van der Waals surface area contributed by atoms with Gasteiger partial charge in [0.1, 0.15) is 12.4 Å². The lowest BCUT2D eigenvalue weighted by molar-refractivity contribution is 0.0933. The first kappa shape index (κ1) is 19.6. The van der Waals surface area contributed by atoms with Crippen LogP contribution in [0.3, 0.4) is 0 Å². The average molecular weight is 381 g/mol. The number of nitrogens with one attached hydrogen (secondary N) is 1. The number of hydrogen-bond donors (Lipinski definition) is 2. The molecule has 2 aromatic carbocycles. The number of ether oxygens (including phenoxy) is 1. The van der Waals surface area contributed by atoms with E-state index in [1.165, 1.54) is 0 Å². The Balaban J connectivity index is 0.00000225. The Bertz CT molecular complexity index is 703. The summed E-state index contributed by atoms with van der Waals surface area (Å²) in [6, 6.07) is 14.8.